The van der Waals surface area contributed by atoms with Crippen LogP contribution in [-0.2, 0) is 17.9 Å². The van der Waals surface area contributed by atoms with Gasteiger partial charge in [0.05, 0.1) is 43.1 Å². The fourth-order valence-electron chi connectivity index (χ4n) is 4.00. The third-order valence-corrected chi connectivity index (χ3v) is 6.63. The number of nitrogens with zero attached hydrogens (tertiary/aromatic N) is 6. The number of rotatable bonds is 7. The largest absolute Gasteiger partial charge is 0.497 e. The van der Waals surface area contributed by atoms with Gasteiger partial charge in [0.1, 0.15) is 24.0 Å². The van der Waals surface area contributed by atoms with Crippen molar-refractivity contribution in [2.24, 2.45) is 5.10 Å². The van der Waals surface area contributed by atoms with Gasteiger partial charge < -0.3 is 9.84 Å². The Bertz CT molecular complexity index is 1410. The quantitative estimate of drug-likeness (QED) is 0.435. The Morgan fingerprint density at radius 1 is 1.26 bits per heavy atom. The van der Waals surface area contributed by atoms with Gasteiger partial charge in [0.2, 0.25) is 0 Å². The van der Waals surface area contributed by atoms with Crippen molar-refractivity contribution in [1.29, 1.82) is 0 Å². The van der Waals surface area contributed by atoms with E-state index in [4.69, 9.17) is 9.84 Å². The van der Waals surface area contributed by atoms with E-state index < -0.39 is 0 Å². The van der Waals surface area contributed by atoms with E-state index >= 15 is 0 Å². The normalized spacial score (nSPS) is 15.6. The first-order chi connectivity index (χ1) is 16.6. The molecule has 0 unspecified atom stereocenters. The van der Waals surface area contributed by atoms with Crippen LogP contribution >= 0.6 is 11.3 Å². The average molecular weight is 479 g/mol. The molecule has 11 heteroatoms. The number of amides is 1. The fourth-order valence-corrected chi connectivity index (χ4v) is 4.73. The topological polar surface area (TPSA) is 115 Å². The maximum Gasteiger partial charge on any atom is 0.264 e. The lowest BCUT2D eigenvalue weighted by atomic mass is 10.0. The summed E-state index contributed by atoms with van der Waals surface area (Å²) in [4.78, 5) is 31.6. The highest BCUT2D eigenvalue weighted by Gasteiger charge is 2.33. The van der Waals surface area contributed by atoms with Gasteiger partial charge in [-0.1, -0.05) is 18.2 Å². The molecule has 1 amide bonds. The molecule has 0 bridgehead atoms. The molecular weight excluding hydrogens is 456 g/mol. The summed E-state index contributed by atoms with van der Waals surface area (Å²) >= 11 is 1.57. The summed E-state index contributed by atoms with van der Waals surface area (Å²) in [5.41, 5.74) is 1.76. The second-order valence-corrected chi connectivity index (χ2v) is 8.71. The molecule has 0 spiro atoms. The van der Waals surface area contributed by atoms with Crippen molar-refractivity contribution in [2.75, 3.05) is 13.7 Å². The zero-order valence-corrected chi connectivity index (χ0v) is 19.2. The molecule has 4 heterocycles. The van der Waals surface area contributed by atoms with Gasteiger partial charge in [-0.3, -0.25) is 14.2 Å². The highest BCUT2D eigenvalue weighted by atomic mass is 32.1. The van der Waals surface area contributed by atoms with Crippen molar-refractivity contribution < 1.29 is 14.6 Å². The lowest BCUT2D eigenvalue weighted by molar-refractivity contribution is -0.133. The van der Waals surface area contributed by atoms with Gasteiger partial charge in [-0.25, -0.2) is 14.7 Å². The minimum absolute atomic E-state index is 0.119. The van der Waals surface area contributed by atoms with Crippen molar-refractivity contribution in [3.63, 3.8) is 0 Å². The van der Waals surface area contributed by atoms with E-state index in [1.54, 1.807) is 18.4 Å². The van der Waals surface area contributed by atoms with Crippen molar-refractivity contribution in [2.45, 2.75) is 25.6 Å². The van der Waals surface area contributed by atoms with E-state index in [2.05, 4.69) is 15.2 Å². The lowest BCUT2D eigenvalue weighted by Gasteiger charge is -2.22. The SMILES string of the molecule is COc1ccc([C@@H]2CC(c3cccs3)=NN2C(=O)Cn2cnc3c(cnn3CCO)c2=O)cc1. The van der Waals surface area contributed by atoms with Gasteiger partial charge in [0.15, 0.2) is 5.65 Å². The molecule has 174 valence electrons. The van der Waals surface area contributed by atoms with Crippen LogP contribution in [0.2, 0.25) is 0 Å². The van der Waals surface area contributed by atoms with E-state index in [-0.39, 0.29) is 37.2 Å². The number of methoxy groups -OCH3 is 1. The van der Waals surface area contributed by atoms with Gasteiger partial charge in [-0.2, -0.15) is 10.2 Å². The minimum Gasteiger partial charge on any atom is -0.497 e. The Balaban J connectivity index is 1.45. The number of aromatic nitrogens is 4. The smallest absolute Gasteiger partial charge is 0.264 e. The second kappa shape index (κ2) is 9.20. The first-order valence-electron chi connectivity index (χ1n) is 10.7. The summed E-state index contributed by atoms with van der Waals surface area (Å²) in [7, 11) is 1.61. The Labute approximate surface area is 198 Å². The van der Waals surface area contributed by atoms with E-state index in [1.165, 1.54) is 26.8 Å². The first kappa shape index (κ1) is 22.0. The van der Waals surface area contributed by atoms with Crippen LogP contribution in [0.3, 0.4) is 0 Å². The van der Waals surface area contributed by atoms with Gasteiger partial charge in [-0.05, 0) is 29.1 Å². The van der Waals surface area contributed by atoms with Crippen molar-refractivity contribution in [3.8, 4) is 5.75 Å². The molecule has 3 aromatic heterocycles. The number of hydrogen-bond acceptors (Lipinski definition) is 8. The van der Waals surface area contributed by atoms with Crippen LogP contribution in [-0.4, -0.2) is 54.8 Å². The zero-order chi connectivity index (χ0) is 23.7. The molecule has 10 nitrogen and oxygen atoms in total. The van der Waals surface area contributed by atoms with Crippen molar-refractivity contribution >= 4 is 34.0 Å². The molecule has 1 aliphatic heterocycles. The molecule has 0 saturated heterocycles. The number of benzene rings is 1. The molecule has 1 aliphatic rings. The van der Waals surface area contributed by atoms with Crippen LogP contribution in [0.5, 0.6) is 5.75 Å². The third kappa shape index (κ3) is 3.99. The first-order valence-corrected chi connectivity index (χ1v) is 11.6. The van der Waals surface area contributed by atoms with Crippen LogP contribution in [0.1, 0.15) is 22.9 Å². The molecule has 0 aliphatic carbocycles. The van der Waals surface area contributed by atoms with Gasteiger partial charge in [0.25, 0.3) is 11.5 Å². The number of fused-ring (bicyclic) bond motifs is 1. The molecule has 0 radical (unpaired) electrons. The number of carbonyl (C=O) groups is 1. The van der Waals surface area contributed by atoms with E-state index in [0.29, 0.717) is 17.5 Å². The summed E-state index contributed by atoms with van der Waals surface area (Å²) in [5, 5.41) is 21.6. The predicted molar refractivity (Wildman–Crippen MR) is 127 cm³/mol. The number of aliphatic hydroxyl groups excluding tert-OH is 1. The van der Waals surface area contributed by atoms with Gasteiger partial charge in [0, 0.05) is 6.42 Å². The molecule has 1 atom stereocenters. The second-order valence-electron chi connectivity index (χ2n) is 7.76. The summed E-state index contributed by atoms with van der Waals surface area (Å²) in [6, 6.07) is 11.2. The third-order valence-electron chi connectivity index (χ3n) is 5.71. The lowest BCUT2D eigenvalue weighted by Crippen LogP contribution is -2.34. The number of thiophene rings is 1. The molecule has 34 heavy (non-hydrogen) atoms. The summed E-state index contributed by atoms with van der Waals surface area (Å²) in [6.07, 6.45) is 3.31. The average Bonchev–Trinajstić information content (AvgIpc) is 3.61. The van der Waals surface area contributed by atoms with Crippen molar-refractivity contribution in [1.82, 2.24) is 24.3 Å². The predicted octanol–water partition coefficient (Wildman–Crippen LogP) is 2.03. The number of hydrazone groups is 1. The summed E-state index contributed by atoms with van der Waals surface area (Å²) in [6.45, 7) is -0.0937. The fraction of sp³-hybridized carbons (Fsp3) is 0.261. The van der Waals surface area contributed by atoms with E-state index in [1.807, 2.05) is 41.8 Å². The highest BCUT2D eigenvalue weighted by Crippen LogP contribution is 2.34. The summed E-state index contributed by atoms with van der Waals surface area (Å²) < 4.78 is 7.98. The Kier molecular flexibility index (Phi) is 5.95. The van der Waals surface area contributed by atoms with Gasteiger partial charge >= 0.3 is 0 Å². The molecule has 0 saturated carbocycles. The maximum atomic E-state index is 13.4. The van der Waals surface area contributed by atoms with Crippen LogP contribution in [0.4, 0.5) is 0 Å². The molecule has 0 fully saturated rings. The number of carbonyl (C=O) groups excluding carboxylic acids is 1. The van der Waals surface area contributed by atoms with Crippen molar-refractivity contribution in [3.05, 3.63) is 75.1 Å². The van der Waals surface area contributed by atoms with E-state index in [0.717, 1.165) is 21.9 Å². The van der Waals surface area contributed by atoms with Crippen LogP contribution < -0.4 is 10.3 Å². The van der Waals surface area contributed by atoms with Crippen LogP contribution in [0, 0.1) is 0 Å². The number of ether oxygens (including phenoxy) is 1. The molecule has 4 aromatic rings. The monoisotopic (exact) mass is 478 g/mol. The molecule has 5 rings (SSSR count). The molecular formula is C23H22N6O4S. The Morgan fingerprint density at radius 3 is 2.79 bits per heavy atom. The minimum atomic E-state index is -0.370. The molecule has 1 N–H and O–H groups in total. The number of hydrogen-bond donors (Lipinski definition) is 1. The van der Waals surface area contributed by atoms with Gasteiger partial charge in [-0.15, -0.1) is 11.3 Å². The van der Waals surface area contributed by atoms with Crippen LogP contribution in [0.25, 0.3) is 11.0 Å². The highest BCUT2D eigenvalue weighted by molar-refractivity contribution is 7.12. The standard InChI is InChI=1S/C23H22N6O4S/c1-33-16-6-4-15(5-7-16)19-11-18(20-3-2-10-34-20)26-29(19)21(31)13-27-14-24-22-17(23(27)32)12-25-28(22)8-9-30/h2-7,10,12,14,19,30H,8-9,11,13H2,1H3/t19-/m0/s1. The maximum absolute atomic E-state index is 13.4. The Morgan fingerprint density at radius 2 is 2.09 bits per heavy atom. The number of aliphatic hydroxyl groups is 1. The summed E-state index contributed by atoms with van der Waals surface area (Å²) in [5.74, 6) is 0.407. The molecule has 1 aromatic carbocycles. The Hall–Kier alpha value is -3.83. The zero-order valence-electron chi connectivity index (χ0n) is 18.4. The van der Waals surface area contributed by atoms with Crippen LogP contribution in [0.15, 0.2) is 64.2 Å². The van der Waals surface area contributed by atoms with E-state index in [9.17, 15) is 9.59 Å².